The van der Waals surface area contributed by atoms with Gasteiger partial charge in [-0.05, 0) is 31.9 Å². The van der Waals surface area contributed by atoms with E-state index < -0.39 is 0 Å². The molecule has 0 unspecified atom stereocenters. The maximum atomic E-state index is 12.0. The van der Waals surface area contributed by atoms with Crippen molar-refractivity contribution in [2.45, 2.75) is 39.0 Å². The largest absolute Gasteiger partial charge is 0.490 e. The lowest BCUT2D eigenvalue weighted by atomic mass is 9.89. The zero-order chi connectivity index (χ0) is 12.8. The minimum atomic E-state index is -0.109. The molecule has 0 spiro atoms. The lowest BCUT2D eigenvalue weighted by Gasteiger charge is -2.20. The zero-order valence-corrected chi connectivity index (χ0v) is 10.9. The molecule has 2 rings (SSSR count). The summed E-state index contributed by atoms with van der Waals surface area (Å²) >= 11 is 0. The Bertz CT molecular complexity index is 394. The molecule has 18 heavy (non-hydrogen) atoms. The molecule has 0 radical (unpaired) electrons. The van der Waals surface area contributed by atoms with E-state index in [1.807, 2.05) is 25.1 Å². The van der Waals surface area contributed by atoms with E-state index in [1.165, 1.54) is 6.42 Å². The van der Waals surface area contributed by atoms with E-state index >= 15 is 0 Å². The van der Waals surface area contributed by atoms with Gasteiger partial charge in [0.2, 0.25) is 0 Å². The molecule has 0 N–H and O–H groups in total. The second-order valence-corrected chi connectivity index (χ2v) is 4.64. The van der Waals surface area contributed by atoms with Gasteiger partial charge in [-0.25, -0.2) is 0 Å². The van der Waals surface area contributed by atoms with Crippen molar-refractivity contribution in [3.05, 3.63) is 24.3 Å². The summed E-state index contributed by atoms with van der Waals surface area (Å²) in [6.07, 6.45) is 5.41. The van der Waals surface area contributed by atoms with E-state index in [9.17, 15) is 4.79 Å². The van der Waals surface area contributed by atoms with Crippen molar-refractivity contribution in [2.24, 2.45) is 5.92 Å². The van der Waals surface area contributed by atoms with Crippen molar-refractivity contribution in [1.82, 2.24) is 0 Å². The van der Waals surface area contributed by atoms with Crippen molar-refractivity contribution in [1.29, 1.82) is 0 Å². The second-order valence-electron chi connectivity index (χ2n) is 4.64. The summed E-state index contributed by atoms with van der Waals surface area (Å²) in [5.74, 6) is 1.13. The van der Waals surface area contributed by atoms with Gasteiger partial charge in [-0.3, -0.25) is 4.79 Å². The Labute approximate surface area is 108 Å². The lowest BCUT2D eigenvalue weighted by Crippen LogP contribution is -2.22. The minimum absolute atomic E-state index is 0.0634. The van der Waals surface area contributed by atoms with Crippen molar-refractivity contribution in [3.63, 3.8) is 0 Å². The van der Waals surface area contributed by atoms with Crippen LogP contribution in [0.25, 0.3) is 0 Å². The molecule has 1 aliphatic carbocycles. The van der Waals surface area contributed by atoms with E-state index in [0.29, 0.717) is 18.1 Å². The Morgan fingerprint density at radius 1 is 1.17 bits per heavy atom. The number of hydrogen-bond acceptors (Lipinski definition) is 3. The van der Waals surface area contributed by atoms with Crippen molar-refractivity contribution >= 4 is 5.97 Å². The summed E-state index contributed by atoms with van der Waals surface area (Å²) in [4.78, 5) is 12.0. The van der Waals surface area contributed by atoms with Crippen LogP contribution in [-0.2, 0) is 4.79 Å². The van der Waals surface area contributed by atoms with Crippen LogP contribution in [0, 0.1) is 5.92 Å². The SMILES string of the molecule is CCOc1ccccc1OC(=O)C1CCCCC1. The molecule has 1 saturated carbocycles. The van der Waals surface area contributed by atoms with Crippen molar-refractivity contribution in [2.75, 3.05) is 6.61 Å². The van der Waals surface area contributed by atoms with Crippen LogP contribution in [-0.4, -0.2) is 12.6 Å². The van der Waals surface area contributed by atoms with Gasteiger partial charge < -0.3 is 9.47 Å². The first-order valence-corrected chi connectivity index (χ1v) is 6.74. The minimum Gasteiger partial charge on any atom is -0.490 e. The molecule has 3 heteroatoms. The lowest BCUT2D eigenvalue weighted by molar-refractivity contribution is -0.140. The van der Waals surface area contributed by atoms with E-state index in [1.54, 1.807) is 6.07 Å². The van der Waals surface area contributed by atoms with E-state index in [4.69, 9.17) is 9.47 Å². The highest BCUT2D eigenvalue weighted by molar-refractivity contribution is 5.75. The first-order chi connectivity index (χ1) is 8.81. The van der Waals surface area contributed by atoms with Crippen LogP contribution in [0.1, 0.15) is 39.0 Å². The number of esters is 1. The van der Waals surface area contributed by atoms with Crippen LogP contribution in [0.5, 0.6) is 11.5 Å². The Hall–Kier alpha value is -1.51. The molecule has 98 valence electrons. The third-order valence-corrected chi connectivity index (χ3v) is 3.30. The van der Waals surface area contributed by atoms with Crippen LogP contribution >= 0.6 is 0 Å². The fourth-order valence-corrected chi connectivity index (χ4v) is 2.34. The highest BCUT2D eigenvalue weighted by Gasteiger charge is 2.23. The third-order valence-electron chi connectivity index (χ3n) is 3.30. The number of ether oxygens (including phenoxy) is 2. The van der Waals surface area contributed by atoms with Crippen LogP contribution in [0.4, 0.5) is 0 Å². The number of carbonyl (C=O) groups excluding carboxylic acids is 1. The molecule has 1 aromatic carbocycles. The smallest absolute Gasteiger partial charge is 0.314 e. The summed E-state index contributed by atoms with van der Waals surface area (Å²) in [6.45, 7) is 2.48. The molecule has 0 amide bonds. The van der Waals surface area contributed by atoms with Gasteiger partial charge in [-0.2, -0.15) is 0 Å². The number of hydrogen-bond donors (Lipinski definition) is 0. The predicted octanol–water partition coefficient (Wildman–Crippen LogP) is 3.57. The second kappa shape index (κ2) is 6.43. The Morgan fingerprint density at radius 3 is 2.50 bits per heavy atom. The van der Waals surface area contributed by atoms with E-state index in [2.05, 4.69) is 0 Å². The van der Waals surface area contributed by atoms with Crippen LogP contribution < -0.4 is 9.47 Å². The molecule has 0 bridgehead atoms. The fraction of sp³-hybridized carbons (Fsp3) is 0.533. The molecule has 1 aliphatic rings. The number of carbonyl (C=O) groups is 1. The Balaban J connectivity index is 2.01. The van der Waals surface area contributed by atoms with Gasteiger partial charge in [0, 0.05) is 0 Å². The van der Waals surface area contributed by atoms with Gasteiger partial charge in [0.05, 0.1) is 12.5 Å². The fourth-order valence-electron chi connectivity index (χ4n) is 2.34. The average molecular weight is 248 g/mol. The molecule has 1 fully saturated rings. The Kier molecular flexibility index (Phi) is 4.62. The van der Waals surface area contributed by atoms with Crippen LogP contribution in [0.15, 0.2) is 24.3 Å². The monoisotopic (exact) mass is 248 g/mol. The number of rotatable bonds is 4. The quantitative estimate of drug-likeness (QED) is 0.603. The van der Waals surface area contributed by atoms with Gasteiger partial charge in [0.25, 0.3) is 0 Å². The summed E-state index contributed by atoms with van der Waals surface area (Å²) in [7, 11) is 0. The van der Waals surface area contributed by atoms with E-state index in [-0.39, 0.29) is 11.9 Å². The first kappa shape index (κ1) is 12.9. The molecular formula is C15H20O3. The summed E-state index contributed by atoms with van der Waals surface area (Å²) in [5, 5.41) is 0. The molecule has 1 aromatic rings. The maximum absolute atomic E-state index is 12.0. The first-order valence-electron chi connectivity index (χ1n) is 6.74. The molecule has 3 nitrogen and oxygen atoms in total. The maximum Gasteiger partial charge on any atom is 0.314 e. The number of benzene rings is 1. The van der Waals surface area contributed by atoms with Crippen LogP contribution in [0.3, 0.4) is 0 Å². The van der Waals surface area contributed by atoms with E-state index in [0.717, 1.165) is 25.7 Å². The average Bonchev–Trinajstić information content (AvgIpc) is 2.42. The predicted molar refractivity (Wildman–Crippen MR) is 69.8 cm³/mol. The molecule has 0 atom stereocenters. The van der Waals surface area contributed by atoms with Gasteiger partial charge in [0.15, 0.2) is 11.5 Å². The molecular weight excluding hydrogens is 228 g/mol. The van der Waals surface area contributed by atoms with Gasteiger partial charge in [-0.1, -0.05) is 31.4 Å². The standard InChI is InChI=1S/C15H20O3/c1-2-17-13-10-6-7-11-14(13)18-15(16)12-8-4-3-5-9-12/h6-7,10-12H,2-5,8-9H2,1H3. The van der Waals surface area contributed by atoms with Gasteiger partial charge in [-0.15, -0.1) is 0 Å². The molecule has 0 aromatic heterocycles. The molecule has 0 heterocycles. The highest BCUT2D eigenvalue weighted by Crippen LogP contribution is 2.30. The summed E-state index contributed by atoms with van der Waals surface area (Å²) < 4.78 is 10.9. The summed E-state index contributed by atoms with van der Waals surface area (Å²) in [5.41, 5.74) is 0. The number of para-hydroxylation sites is 2. The van der Waals surface area contributed by atoms with Crippen molar-refractivity contribution < 1.29 is 14.3 Å². The molecule has 0 saturated heterocycles. The molecule has 0 aliphatic heterocycles. The normalized spacial score (nSPS) is 16.3. The highest BCUT2D eigenvalue weighted by atomic mass is 16.6. The van der Waals surface area contributed by atoms with Gasteiger partial charge in [0.1, 0.15) is 0 Å². The summed E-state index contributed by atoms with van der Waals surface area (Å²) in [6, 6.07) is 7.34. The van der Waals surface area contributed by atoms with Crippen molar-refractivity contribution in [3.8, 4) is 11.5 Å². The third kappa shape index (κ3) is 3.25. The Morgan fingerprint density at radius 2 is 1.83 bits per heavy atom. The zero-order valence-electron chi connectivity index (χ0n) is 10.9. The van der Waals surface area contributed by atoms with Crippen LogP contribution in [0.2, 0.25) is 0 Å². The topological polar surface area (TPSA) is 35.5 Å². The van der Waals surface area contributed by atoms with Gasteiger partial charge >= 0.3 is 5.97 Å².